The molecule has 3 rings (SSSR count). The molecule has 7 nitrogen and oxygen atoms in total. The standard InChI is InChI=1S/C16H15N3O4S/c1-9(20)17-12(14-3-2-6-24-14)8-15(21)18-10-4-5-13-11(7-10)19-16(22)23-13/h2-7,12H,8H2,1H3,(H,17,20)(H,18,21)(H,19,22). The van der Waals surface area contributed by atoms with Gasteiger partial charge in [0, 0.05) is 17.5 Å². The fourth-order valence-corrected chi connectivity index (χ4v) is 3.16. The molecule has 24 heavy (non-hydrogen) atoms. The lowest BCUT2D eigenvalue weighted by Gasteiger charge is -2.16. The van der Waals surface area contributed by atoms with E-state index in [1.807, 2.05) is 17.5 Å². The molecule has 2 aromatic heterocycles. The highest BCUT2D eigenvalue weighted by molar-refractivity contribution is 7.10. The molecule has 0 fully saturated rings. The van der Waals surface area contributed by atoms with E-state index in [0.29, 0.717) is 16.8 Å². The van der Waals surface area contributed by atoms with Crippen molar-refractivity contribution in [1.29, 1.82) is 0 Å². The largest absolute Gasteiger partial charge is 0.417 e. The highest BCUT2D eigenvalue weighted by Crippen LogP contribution is 2.23. The fourth-order valence-electron chi connectivity index (χ4n) is 2.38. The Balaban J connectivity index is 1.72. The Hall–Kier alpha value is -2.87. The monoisotopic (exact) mass is 345 g/mol. The lowest BCUT2D eigenvalue weighted by Crippen LogP contribution is -2.29. The number of anilines is 1. The van der Waals surface area contributed by atoms with Gasteiger partial charge in [0.2, 0.25) is 11.8 Å². The van der Waals surface area contributed by atoms with E-state index in [4.69, 9.17) is 4.42 Å². The predicted molar refractivity (Wildman–Crippen MR) is 91.0 cm³/mol. The molecule has 2 amide bonds. The van der Waals surface area contributed by atoms with Crippen molar-refractivity contribution in [3.63, 3.8) is 0 Å². The van der Waals surface area contributed by atoms with Crippen LogP contribution in [0.3, 0.4) is 0 Å². The van der Waals surface area contributed by atoms with E-state index in [0.717, 1.165) is 4.88 Å². The summed E-state index contributed by atoms with van der Waals surface area (Å²) in [6.45, 7) is 1.42. The number of nitrogens with one attached hydrogen (secondary N) is 3. The highest BCUT2D eigenvalue weighted by atomic mass is 32.1. The molecule has 0 radical (unpaired) electrons. The van der Waals surface area contributed by atoms with E-state index in [1.165, 1.54) is 18.3 Å². The molecule has 0 saturated carbocycles. The van der Waals surface area contributed by atoms with Crippen molar-refractivity contribution in [2.24, 2.45) is 0 Å². The van der Waals surface area contributed by atoms with E-state index < -0.39 is 5.76 Å². The molecule has 0 saturated heterocycles. The van der Waals surface area contributed by atoms with Gasteiger partial charge in [0.25, 0.3) is 0 Å². The first-order valence-corrected chi connectivity index (χ1v) is 8.12. The molecule has 0 bridgehead atoms. The molecule has 0 aliphatic heterocycles. The zero-order valence-corrected chi connectivity index (χ0v) is 13.6. The predicted octanol–water partition coefficient (Wildman–Crippen LogP) is 2.39. The van der Waals surface area contributed by atoms with Gasteiger partial charge in [-0.05, 0) is 29.6 Å². The van der Waals surface area contributed by atoms with Gasteiger partial charge in [0.1, 0.15) is 0 Å². The number of thiophene rings is 1. The maximum atomic E-state index is 12.3. The molecule has 2 heterocycles. The van der Waals surface area contributed by atoms with Crippen molar-refractivity contribution in [3.05, 3.63) is 51.1 Å². The molecule has 1 unspecified atom stereocenters. The van der Waals surface area contributed by atoms with Gasteiger partial charge >= 0.3 is 5.76 Å². The first-order chi connectivity index (χ1) is 11.5. The van der Waals surface area contributed by atoms with Crippen LogP contribution in [0.1, 0.15) is 24.3 Å². The first kappa shape index (κ1) is 16.0. The maximum Gasteiger partial charge on any atom is 0.417 e. The third kappa shape index (κ3) is 3.72. The number of fused-ring (bicyclic) bond motifs is 1. The number of oxazole rings is 1. The number of amides is 2. The summed E-state index contributed by atoms with van der Waals surface area (Å²) in [5, 5.41) is 7.43. The molecule has 3 aromatic rings. The van der Waals surface area contributed by atoms with Crippen LogP contribution in [-0.4, -0.2) is 16.8 Å². The van der Waals surface area contributed by atoms with Crippen LogP contribution in [0.5, 0.6) is 0 Å². The number of carbonyl (C=O) groups excluding carboxylic acids is 2. The molecule has 8 heteroatoms. The third-order valence-electron chi connectivity index (χ3n) is 3.36. The minimum absolute atomic E-state index is 0.111. The van der Waals surface area contributed by atoms with Gasteiger partial charge in [-0.2, -0.15) is 0 Å². The zero-order chi connectivity index (χ0) is 17.1. The summed E-state index contributed by atoms with van der Waals surface area (Å²) < 4.78 is 4.92. The summed E-state index contributed by atoms with van der Waals surface area (Å²) in [6.07, 6.45) is 0.111. The van der Waals surface area contributed by atoms with Crippen LogP contribution in [0.15, 0.2) is 44.9 Å². The smallest absolute Gasteiger partial charge is 0.408 e. The molecule has 124 valence electrons. The van der Waals surface area contributed by atoms with Crippen LogP contribution < -0.4 is 16.4 Å². The molecule has 3 N–H and O–H groups in total. The number of aromatic nitrogens is 1. The zero-order valence-electron chi connectivity index (χ0n) is 12.8. The maximum absolute atomic E-state index is 12.3. The quantitative estimate of drug-likeness (QED) is 0.660. The van der Waals surface area contributed by atoms with E-state index in [-0.39, 0.29) is 24.3 Å². The average molecular weight is 345 g/mol. The second-order valence-electron chi connectivity index (χ2n) is 5.25. The molecule has 1 atom stereocenters. The molecular weight excluding hydrogens is 330 g/mol. The SMILES string of the molecule is CC(=O)NC(CC(=O)Nc1ccc2oc(=O)[nH]c2c1)c1cccs1. The summed E-state index contributed by atoms with van der Waals surface area (Å²) >= 11 is 1.48. The van der Waals surface area contributed by atoms with Gasteiger partial charge in [-0.25, -0.2) is 4.79 Å². The fraction of sp³-hybridized carbons (Fsp3) is 0.188. The van der Waals surface area contributed by atoms with Crippen LogP contribution >= 0.6 is 11.3 Å². The number of hydrogen-bond acceptors (Lipinski definition) is 5. The molecule has 0 aliphatic carbocycles. The lowest BCUT2D eigenvalue weighted by atomic mass is 10.1. The van der Waals surface area contributed by atoms with Crippen LogP contribution in [0, 0.1) is 0 Å². The van der Waals surface area contributed by atoms with Gasteiger partial charge < -0.3 is 15.1 Å². The average Bonchev–Trinajstić information content (AvgIpc) is 3.13. The topological polar surface area (TPSA) is 104 Å². The van der Waals surface area contributed by atoms with E-state index >= 15 is 0 Å². The van der Waals surface area contributed by atoms with Gasteiger partial charge in [-0.1, -0.05) is 6.07 Å². The number of carbonyl (C=O) groups is 2. The number of hydrogen-bond donors (Lipinski definition) is 3. The Labute approximate surface area is 140 Å². The van der Waals surface area contributed by atoms with Crippen molar-refractivity contribution in [1.82, 2.24) is 10.3 Å². The van der Waals surface area contributed by atoms with Gasteiger partial charge in [0.05, 0.1) is 18.0 Å². The van der Waals surface area contributed by atoms with Crippen LogP contribution in [0.4, 0.5) is 5.69 Å². The number of rotatable bonds is 5. The third-order valence-corrected chi connectivity index (χ3v) is 4.34. The van der Waals surface area contributed by atoms with Gasteiger partial charge in [0.15, 0.2) is 5.58 Å². The number of aromatic amines is 1. The van der Waals surface area contributed by atoms with Crippen LogP contribution in [0.25, 0.3) is 11.1 Å². The van der Waals surface area contributed by atoms with E-state index in [2.05, 4.69) is 15.6 Å². The van der Waals surface area contributed by atoms with Crippen LogP contribution in [-0.2, 0) is 9.59 Å². The van der Waals surface area contributed by atoms with Crippen molar-refractivity contribution in [2.45, 2.75) is 19.4 Å². The lowest BCUT2D eigenvalue weighted by molar-refractivity contribution is -0.120. The van der Waals surface area contributed by atoms with Gasteiger partial charge in [-0.15, -0.1) is 11.3 Å². The van der Waals surface area contributed by atoms with E-state index in [9.17, 15) is 14.4 Å². The minimum atomic E-state index is -0.545. The van der Waals surface area contributed by atoms with Crippen molar-refractivity contribution < 1.29 is 14.0 Å². The molecule has 0 spiro atoms. The van der Waals surface area contributed by atoms with Crippen molar-refractivity contribution >= 4 is 39.9 Å². The Morgan fingerprint density at radius 2 is 2.17 bits per heavy atom. The second-order valence-corrected chi connectivity index (χ2v) is 6.23. The molecular formula is C16H15N3O4S. The summed E-state index contributed by atoms with van der Waals surface area (Å²) in [5.41, 5.74) is 1.47. The number of benzene rings is 1. The second kappa shape index (κ2) is 6.71. The Bertz CT molecular complexity index is 926. The Morgan fingerprint density at radius 3 is 2.88 bits per heavy atom. The molecule has 0 aliphatic rings. The number of H-pyrrole nitrogens is 1. The normalized spacial score (nSPS) is 12.0. The highest BCUT2D eigenvalue weighted by Gasteiger charge is 2.18. The first-order valence-electron chi connectivity index (χ1n) is 7.24. The minimum Gasteiger partial charge on any atom is -0.408 e. The van der Waals surface area contributed by atoms with E-state index in [1.54, 1.807) is 18.2 Å². The van der Waals surface area contributed by atoms with Crippen molar-refractivity contribution in [2.75, 3.05) is 5.32 Å². The summed E-state index contributed by atoms with van der Waals surface area (Å²) in [6, 6.07) is 8.25. The van der Waals surface area contributed by atoms with Crippen molar-refractivity contribution in [3.8, 4) is 0 Å². The summed E-state index contributed by atoms with van der Waals surface area (Å²) in [5.74, 6) is -0.983. The summed E-state index contributed by atoms with van der Waals surface area (Å²) in [7, 11) is 0. The molecule has 1 aromatic carbocycles. The van der Waals surface area contributed by atoms with Crippen LogP contribution in [0.2, 0.25) is 0 Å². The Kier molecular flexibility index (Phi) is 4.48. The summed E-state index contributed by atoms with van der Waals surface area (Å²) in [4.78, 5) is 38.2. The van der Waals surface area contributed by atoms with Gasteiger partial charge in [-0.3, -0.25) is 14.6 Å². The Morgan fingerprint density at radius 1 is 1.33 bits per heavy atom.